The van der Waals surface area contributed by atoms with E-state index in [1.807, 2.05) is 36.4 Å². The Hall–Kier alpha value is -2.16. The number of nitrogens with zero attached hydrogens (tertiary/aromatic N) is 1. The van der Waals surface area contributed by atoms with Gasteiger partial charge in [0.15, 0.2) is 0 Å². The van der Waals surface area contributed by atoms with Crippen LogP contribution in [-0.4, -0.2) is 10.9 Å². The lowest BCUT2D eigenvalue weighted by Gasteiger charge is -2.05. The molecule has 1 heterocycles. The predicted molar refractivity (Wildman–Crippen MR) is 71.2 cm³/mol. The molecular formula is C15H16N2O. The van der Waals surface area contributed by atoms with E-state index in [-0.39, 0.29) is 5.91 Å². The number of hydrogen-bond acceptors (Lipinski definition) is 2. The van der Waals surface area contributed by atoms with Crippen molar-refractivity contribution in [2.45, 2.75) is 19.9 Å². The Morgan fingerprint density at radius 2 is 1.94 bits per heavy atom. The average Bonchev–Trinajstić information content (AvgIpc) is 2.46. The van der Waals surface area contributed by atoms with Crippen molar-refractivity contribution in [1.29, 1.82) is 0 Å². The van der Waals surface area contributed by atoms with E-state index in [2.05, 4.69) is 17.2 Å². The molecule has 0 aliphatic heterocycles. The van der Waals surface area contributed by atoms with E-state index in [0.29, 0.717) is 12.1 Å². The number of carbonyl (C=O) groups excluding carboxylic acids is 1. The van der Waals surface area contributed by atoms with Crippen molar-refractivity contribution < 1.29 is 4.79 Å². The summed E-state index contributed by atoms with van der Waals surface area (Å²) >= 11 is 0. The fourth-order valence-electron chi connectivity index (χ4n) is 1.68. The van der Waals surface area contributed by atoms with Gasteiger partial charge in [0.05, 0.1) is 0 Å². The Bertz CT molecular complexity index is 506. The molecule has 3 heteroatoms. The molecule has 0 aliphatic carbocycles. The molecule has 0 fully saturated rings. The Balaban J connectivity index is 1.95. The van der Waals surface area contributed by atoms with E-state index in [9.17, 15) is 4.79 Å². The number of aryl methyl sites for hydroxylation is 1. The van der Waals surface area contributed by atoms with Gasteiger partial charge in [0.1, 0.15) is 0 Å². The molecule has 0 saturated heterocycles. The normalized spacial score (nSPS) is 10.1. The summed E-state index contributed by atoms with van der Waals surface area (Å²) in [4.78, 5) is 15.9. The molecular weight excluding hydrogens is 224 g/mol. The summed E-state index contributed by atoms with van der Waals surface area (Å²) in [5.74, 6) is -0.0542. The molecule has 1 amide bonds. The smallest absolute Gasteiger partial charge is 0.251 e. The molecule has 0 bridgehead atoms. The highest BCUT2D eigenvalue weighted by Gasteiger charge is 2.04. The summed E-state index contributed by atoms with van der Waals surface area (Å²) in [6.07, 6.45) is 4.45. The minimum Gasteiger partial charge on any atom is -0.348 e. The van der Waals surface area contributed by atoms with Gasteiger partial charge in [-0.05, 0) is 35.7 Å². The number of amides is 1. The number of hydrogen-bond donors (Lipinski definition) is 1. The zero-order chi connectivity index (χ0) is 12.8. The van der Waals surface area contributed by atoms with Gasteiger partial charge in [-0.25, -0.2) is 0 Å². The molecule has 0 aliphatic rings. The first kappa shape index (κ1) is 12.3. The van der Waals surface area contributed by atoms with Crippen LogP contribution in [0.2, 0.25) is 0 Å². The summed E-state index contributed by atoms with van der Waals surface area (Å²) in [5.41, 5.74) is 2.92. The first-order valence-corrected chi connectivity index (χ1v) is 6.05. The molecule has 2 aromatic rings. The largest absolute Gasteiger partial charge is 0.348 e. The molecule has 0 spiro atoms. The fourth-order valence-corrected chi connectivity index (χ4v) is 1.68. The molecule has 2 rings (SSSR count). The third-order valence-electron chi connectivity index (χ3n) is 2.80. The third kappa shape index (κ3) is 3.17. The minimum atomic E-state index is -0.0542. The highest BCUT2D eigenvalue weighted by atomic mass is 16.1. The predicted octanol–water partition coefficient (Wildman–Crippen LogP) is 2.57. The lowest BCUT2D eigenvalue weighted by molar-refractivity contribution is 0.0951. The van der Waals surface area contributed by atoms with Gasteiger partial charge in [-0.3, -0.25) is 9.78 Å². The highest BCUT2D eigenvalue weighted by Crippen LogP contribution is 2.05. The highest BCUT2D eigenvalue weighted by molar-refractivity contribution is 5.94. The third-order valence-corrected chi connectivity index (χ3v) is 2.80. The first-order valence-electron chi connectivity index (χ1n) is 6.05. The van der Waals surface area contributed by atoms with E-state index in [1.165, 1.54) is 5.56 Å². The summed E-state index contributed by atoms with van der Waals surface area (Å²) in [6.45, 7) is 2.60. The van der Waals surface area contributed by atoms with Crippen molar-refractivity contribution in [2.75, 3.05) is 0 Å². The van der Waals surface area contributed by atoms with Crippen LogP contribution in [0, 0.1) is 0 Å². The van der Waals surface area contributed by atoms with Crippen LogP contribution < -0.4 is 5.32 Å². The lowest BCUT2D eigenvalue weighted by atomic mass is 10.1. The number of pyridine rings is 1. The summed E-state index contributed by atoms with van der Waals surface area (Å²) in [6, 6.07) is 11.5. The first-order chi connectivity index (χ1) is 8.79. The van der Waals surface area contributed by atoms with E-state index in [4.69, 9.17) is 0 Å². The van der Waals surface area contributed by atoms with E-state index >= 15 is 0 Å². The number of aromatic nitrogens is 1. The van der Waals surface area contributed by atoms with Gasteiger partial charge in [0, 0.05) is 24.5 Å². The Morgan fingerprint density at radius 3 is 2.56 bits per heavy atom. The molecule has 1 aromatic carbocycles. The zero-order valence-corrected chi connectivity index (χ0v) is 10.4. The lowest BCUT2D eigenvalue weighted by Crippen LogP contribution is -2.22. The zero-order valence-electron chi connectivity index (χ0n) is 10.4. The maximum atomic E-state index is 11.9. The van der Waals surface area contributed by atoms with Gasteiger partial charge in [0.25, 0.3) is 5.91 Å². The molecule has 3 nitrogen and oxygen atoms in total. The van der Waals surface area contributed by atoms with Crippen molar-refractivity contribution in [3.8, 4) is 0 Å². The second-order valence-corrected chi connectivity index (χ2v) is 4.09. The SMILES string of the molecule is CCc1ccc(C(=O)NCc2cccnc2)cc1. The van der Waals surface area contributed by atoms with E-state index in [1.54, 1.807) is 12.4 Å². The second kappa shape index (κ2) is 5.96. The van der Waals surface area contributed by atoms with Gasteiger partial charge >= 0.3 is 0 Å². The topological polar surface area (TPSA) is 42.0 Å². The Labute approximate surface area is 107 Å². The summed E-state index contributed by atoms with van der Waals surface area (Å²) in [5, 5.41) is 2.87. The monoisotopic (exact) mass is 240 g/mol. The molecule has 92 valence electrons. The van der Waals surface area contributed by atoms with Gasteiger partial charge in [-0.15, -0.1) is 0 Å². The number of nitrogens with one attached hydrogen (secondary N) is 1. The van der Waals surface area contributed by atoms with Crippen LogP contribution in [0.25, 0.3) is 0 Å². The molecule has 0 unspecified atom stereocenters. The molecule has 18 heavy (non-hydrogen) atoms. The molecule has 0 saturated carbocycles. The van der Waals surface area contributed by atoms with E-state index in [0.717, 1.165) is 12.0 Å². The summed E-state index contributed by atoms with van der Waals surface area (Å²) < 4.78 is 0. The molecule has 0 atom stereocenters. The number of carbonyl (C=O) groups is 1. The van der Waals surface area contributed by atoms with Crippen molar-refractivity contribution in [3.05, 3.63) is 65.5 Å². The van der Waals surface area contributed by atoms with Crippen LogP contribution in [0.3, 0.4) is 0 Å². The maximum Gasteiger partial charge on any atom is 0.251 e. The molecule has 1 N–H and O–H groups in total. The molecule has 1 aromatic heterocycles. The van der Waals surface area contributed by atoms with Gasteiger partial charge in [-0.2, -0.15) is 0 Å². The van der Waals surface area contributed by atoms with Gasteiger partial charge in [0.2, 0.25) is 0 Å². The van der Waals surface area contributed by atoms with Crippen LogP contribution in [0.15, 0.2) is 48.8 Å². The quantitative estimate of drug-likeness (QED) is 0.892. The Kier molecular flexibility index (Phi) is 4.07. The van der Waals surface area contributed by atoms with Gasteiger partial charge < -0.3 is 5.32 Å². The van der Waals surface area contributed by atoms with Crippen molar-refractivity contribution in [1.82, 2.24) is 10.3 Å². The number of benzene rings is 1. The van der Waals surface area contributed by atoms with E-state index < -0.39 is 0 Å². The van der Waals surface area contributed by atoms with Gasteiger partial charge in [-0.1, -0.05) is 25.1 Å². The maximum absolute atomic E-state index is 11.9. The second-order valence-electron chi connectivity index (χ2n) is 4.09. The fraction of sp³-hybridized carbons (Fsp3) is 0.200. The van der Waals surface area contributed by atoms with Crippen molar-refractivity contribution >= 4 is 5.91 Å². The van der Waals surface area contributed by atoms with Crippen LogP contribution >= 0.6 is 0 Å². The Morgan fingerprint density at radius 1 is 1.17 bits per heavy atom. The van der Waals surface area contributed by atoms with Crippen LogP contribution in [0.4, 0.5) is 0 Å². The van der Waals surface area contributed by atoms with Crippen LogP contribution in [0.1, 0.15) is 28.4 Å². The minimum absolute atomic E-state index is 0.0542. The van der Waals surface area contributed by atoms with Crippen molar-refractivity contribution in [2.24, 2.45) is 0 Å². The molecule has 0 radical (unpaired) electrons. The van der Waals surface area contributed by atoms with Crippen LogP contribution in [0.5, 0.6) is 0 Å². The van der Waals surface area contributed by atoms with Crippen LogP contribution in [-0.2, 0) is 13.0 Å². The number of rotatable bonds is 4. The summed E-state index contributed by atoms with van der Waals surface area (Å²) in [7, 11) is 0. The average molecular weight is 240 g/mol. The standard InChI is InChI=1S/C15H16N2O/c1-2-12-5-7-14(8-6-12)15(18)17-11-13-4-3-9-16-10-13/h3-10H,2,11H2,1H3,(H,17,18). The van der Waals surface area contributed by atoms with Crippen molar-refractivity contribution in [3.63, 3.8) is 0 Å².